The highest BCUT2D eigenvalue weighted by atomic mass is 35.5. The van der Waals surface area contributed by atoms with Gasteiger partial charge in [-0.2, -0.15) is 10.2 Å². The Balaban J connectivity index is 1.41. The molecule has 0 aliphatic heterocycles. The van der Waals surface area contributed by atoms with Gasteiger partial charge in [-0.1, -0.05) is 29.3 Å². The first-order chi connectivity index (χ1) is 15.7. The molecule has 12 nitrogen and oxygen atoms in total. The minimum Gasteiger partial charge on any atom is -0.288 e. The molecule has 0 saturated carbocycles. The molecule has 3 aromatic heterocycles. The zero-order valence-electron chi connectivity index (χ0n) is 17.4. The number of rotatable bonds is 7. The van der Waals surface area contributed by atoms with Crippen LogP contribution in [0.3, 0.4) is 0 Å². The molecular weight excluding hydrogens is 473 g/mol. The van der Waals surface area contributed by atoms with Crippen LogP contribution < -0.4 is 5.32 Å². The summed E-state index contributed by atoms with van der Waals surface area (Å²) in [7, 11) is 0. The molecule has 0 saturated heterocycles. The summed E-state index contributed by atoms with van der Waals surface area (Å²) in [5.74, 6) is -0.385. The van der Waals surface area contributed by atoms with E-state index in [2.05, 4.69) is 25.6 Å². The fourth-order valence-electron chi connectivity index (χ4n) is 3.21. The van der Waals surface area contributed by atoms with E-state index in [1.165, 1.54) is 21.8 Å². The lowest BCUT2D eigenvalue weighted by Crippen LogP contribution is -2.16. The number of aromatic nitrogens is 7. The molecule has 33 heavy (non-hydrogen) atoms. The van der Waals surface area contributed by atoms with Crippen LogP contribution in [-0.4, -0.2) is 45.2 Å². The molecule has 0 radical (unpaired) electrons. The Morgan fingerprint density at radius 3 is 2.61 bits per heavy atom. The van der Waals surface area contributed by atoms with Gasteiger partial charge in [-0.25, -0.2) is 14.3 Å². The molecule has 3 heterocycles. The average molecular weight is 490 g/mol. The molecule has 170 valence electrons. The summed E-state index contributed by atoms with van der Waals surface area (Å²) in [5.41, 5.74) is 1.67. The van der Waals surface area contributed by atoms with E-state index in [1.54, 1.807) is 36.9 Å². The maximum absolute atomic E-state index is 12.5. The predicted octanol–water partition coefficient (Wildman–Crippen LogP) is 3.31. The molecule has 0 aliphatic rings. The summed E-state index contributed by atoms with van der Waals surface area (Å²) < 4.78 is 4.45. The molecule has 14 heteroatoms. The second kappa shape index (κ2) is 9.00. The molecule has 0 atom stereocenters. The predicted molar refractivity (Wildman–Crippen MR) is 120 cm³/mol. The Bertz CT molecular complexity index is 1360. The van der Waals surface area contributed by atoms with Crippen LogP contribution in [0.4, 0.5) is 11.6 Å². The number of benzene rings is 1. The van der Waals surface area contributed by atoms with Crippen molar-refractivity contribution in [2.24, 2.45) is 0 Å². The topological polar surface area (TPSA) is 139 Å². The van der Waals surface area contributed by atoms with Crippen LogP contribution in [0.2, 0.25) is 10.0 Å². The van der Waals surface area contributed by atoms with Gasteiger partial charge in [0.2, 0.25) is 5.95 Å². The number of carbonyl (C=O) groups is 1. The van der Waals surface area contributed by atoms with Crippen molar-refractivity contribution in [2.75, 3.05) is 5.32 Å². The van der Waals surface area contributed by atoms with Gasteiger partial charge in [0, 0.05) is 6.20 Å². The number of nitrogens with zero attached hydrogens (tertiary/aromatic N) is 8. The molecule has 4 aromatic rings. The number of anilines is 1. The van der Waals surface area contributed by atoms with E-state index in [-0.39, 0.29) is 24.0 Å². The van der Waals surface area contributed by atoms with Crippen molar-refractivity contribution in [3.63, 3.8) is 0 Å². The van der Waals surface area contributed by atoms with Crippen molar-refractivity contribution in [3.8, 4) is 0 Å². The normalized spacial score (nSPS) is 11.0. The summed E-state index contributed by atoms with van der Waals surface area (Å²) in [5, 5.41) is 27.2. The molecule has 1 amide bonds. The van der Waals surface area contributed by atoms with Crippen molar-refractivity contribution >= 4 is 40.7 Å². The van der Waals surface area contributed by atoms with Crippen molar-refractivity contribution in [1.82, 2.24) is 34.3 Å². The van der Waals surface area contributed by atoms with Gasteiger partial charge in [-0.15, -0.1) is 5.10 Å². The Kier molecular flexibility index (Phi) is 6.11. The van der Waals surface area contributed by atoms with Gasteiger partial charge in [0.1, 0.15) is 24.4 Å². The maximum Gasteiger partial charge on any atom is 0.312 e. The van der Waals surface area contributed by atoms with Crippen molar-refractivity contribution in [3.05, 3.63) is 79.6 Å². The summed E-state index contributed by atoms with van der Waals surface area (Å²) >= 11 is 12.0. The maximum atomic E-state index is 12.5. The Labute approximate surface area is 196 Å². The van der Waals surface area contributed by atoms with Crippen LogP contribution in [0.15, 0.2) is 36.8 Å². The standard InChI is InChI=1S/C19H17Cl2N9O3/c1-11-17(30(32)33)12(2)29(24-11)10-27-6-5-16(25-27)18(31)23-19-22-9-28(26-19)8-13-3-4-14(20)15(21)7-13/h3-7,9H,8,10H2,1-2H3,(H,23,26,31). The number of nitro groups is 1. The quantitative estimate of drug-likeness (QED) is 0.310. The van der Waals surface area contributed by atoms with E-state index in [0.29, 0.717) is 28.0 Å². The van der Waals surface area contributed by atoms with Crippen LogP contribution in [0.1, 0.15) is 27.4 Å². The molecule has 0 spiro atoms. The van der Waals surface area contributed by atoms with E-state index in [1.807, 2.05) is 6.07 Å². The number of hydrogen-bond donors (Lipinski definition) is 1. The Morgan fingerprint density at radius 1 is 1.12 bits per heavy atom. The number of hydrogen-bond acceptors (Lipinski definition) is 7. The van der Waals surface area contributed by atoms with Crippen molar-refractivity contribution in [1.29, 1.82) is 0 Å². The molecule has 0 fully saturated rings. The lowest BCUT2D eigenvalue weighted by atomic mass is 10.2. The van der Waals surface area contributed by atoms with E-state index >= 15 is 0 Å². The van der Waals surface area contributed by atoms with Gasteiger partial charge < -0.3 is 0 Å². The molecular formula is C19H17Cl2N9O3. The number of aryl methyl sites for hydroxylation is 1. The smallest absolute Gasteiger partial charge is 0.288 e. The third-order valence-electron chi connectivity index (χ3n) is 4.77. The number of halogens is 2. The van der Waals surface area contributed by atoms with Crippen LogP contribution in [0.5, 0.6) is 0 Å². The van der Waals surface area contributed by atoms with Crippen molar-refractivity contribution < 1.29 is 9.72 Å². The summed E-state index contributed by atoms with van der Waals surface area (Å²) in [6.45, 7) is 3.68. The zero-order valence-corrected chi connectivity index (χ0v) is 18.9. The Morgan fingerprint density at radius 2 is 1.91 bits per heavy atom. The van der Waals surface area contributed by atoms with Gasteiger partial charge in [-0.3, -0.25) is 24.9 Å². The number of carbonyl (C=O) groups excluding carboxylic acids is 1. The van der Waals surface area contributed by atoms with Crippen molar-refractivity contribution in [2.45, 2.75) is 27.1 Å². The van der Waals surface area contributed by atoms with Gasteiger partial charge in [-0.05, 0) is 37.6 Å². The second-order valence-corrected chi connectivity index (χ2v) is 7.94. The minimum absolute atomic E-state index is 0.0392. The summed E-state index contributed by atoms with van der Waals surface area (Å²) in [6.07, 6.45) is 3.06. The monoisotopic (exact) mass is 489 g/mol. The number of amides is 1. The molecule has 0 unspecified atom stereocenters. The molecule has 0 aliphatic carbocycles. The first-order valence-electron chi connectivity index (χ1n) is 9.58. The summed E-state index contributed by atoms with van der Waals surface area (Å²) in [6, 6.07) is 6.76. The largest absolute Gasteiger partial charge is 0.312 e. The SMILES string of the molecule is Cc1nn(Cn2ccc(C(=O)Nc3ncn(Cc4ccc(Cl)c(Cl)c4)n3)n2)c(C)c1[N+](=O)[O-]. The highest BCUT2D eigenvalue weighted by Crippen LogP contribution is 2.23. The molecule has 0 bridgehead atoms. The average Bonchev–Trinajstić information content (AvgIpc) is 3.45. The van der Waals surface area contributed by atoms with Crippen LogP contribution in [-0.2, 0) is 13.2 Å². The summed E-state index contributed by atoms with van der Waals surface area (Å²) in [4.78, 5) is 27.3. The third kappa shape index (κ3) is 4.86. The van der Waals surface area contributed by atoms with E-state index in [4.69, 9.17) is 23.2 Å². The first-order valence-corrected chi connectivity index (χ1v) is 10.3. The fraction of sp³-hybridized carbons (Fsp3) is 0.211. The lowest BCUT2D eigenvalue weighted by molar-refractivity contribution is -0.386. The fourth-order valence-corrected chi connectivity index (χ4v) is 3.53. The van der Waals surface area contributed by atoms with Gasteiger partial charge >= 0.3 is 5.69 Å². The molecule has 1 N–H and O–H groups in total. The van der Waals surface area contributed by atoms with Gasteiger partial charge in [0.15, 0.2) is 5.69 Å². The first kappa shape index (κ1) is 22.4. The van der Waals surface area contributed by atoms with E-state index in [0.717, 1.165) is 5.56 Å². The van der Waals surface area contributed by atoms with E-state index in [9.17, 15) is 14.9 Å². The van der Waals surface area contributed by atoms with Crippen LogP contribution in [0, 0.1) is 24.0 Å². The van der Waals surface area contributed by atoms with Gasteiger partial charge in [0.05, 0.1) is 21.5 Å². The number of nitrogens with one attached hydrogen (secondary N) is 1. The van der Waals surface area contributed by atoms with Crippen LogP contribution in [0.25, 0.3) is 0 Å². The van der Waals surface area contributed by atoms with E-state index < -0.39 is 10.8 Å². The Hall–Kier alpha value is -3.77. The minimum atomic E-state index is -0.500. The highest BCUT2D eigenvalue weighted by Gasteiger charge is 2.22. The lowest BCUT2D eigenvalue weighted by Gasteiger charge is -2.04. The zero-order chi connectivity index (χ0) is 23.7. The molecule has 1 aromatic carbocycles. The van der Waals surface area contributed by atoms with Crippen LogP contribution >= 0.6 is 23.2 Å². The molecule has 4 rings (SSSR count). The third-order valence-corrected chi connectivity index (χ3v) is 5.51. The second-order valence-electron chi connectivity index (χ2n) is 7.13. The highest BCUT2D eigenvalue weighted by molar-refractivity contribution is 6.42. The van der Waals surface area contributed by atoms with Gasteiger partial charge in [0.25, 0.3) is 5.91 Å².